The van der Waals surface area contributed by atoms with Gasteiger partial charge in [0.1, 0.15) is 0 Å². The first-order chi connectivity index (χ1) is 32.2. The molecule has 14 rings (SSSR count). The van der Waals surface area contributed by atoms with Gasteiger partial charge in [-0.15, -0.1) is 0 Å². The van der Waals surface area contributed by atoms with E-state index < -0.39 is 16.2 Å². The maximum Gasteiger partial charge on any atom is 0.0725 e. The molecule has 0 atom stereocenters. The van der Waals surface area contributed by atoms with Crippen LogP contribution in [0.2, 0.25) is 0 Å². The Labute approximate surface area is 380 Å². The Kier molecular flexibility index (Phi) is 7.55. The molecule has 0 heteroatoms. The van der Waals surface area contributed by atoms with E-state index in [1.807, 2.05) is 0 Å². The minimum absolute atomic E-state index is 0.509. The Bertz CT molecular complexity index is 3260. The zero-order valence-electron chi connectivity index (χ0n) is 35.7. The van der Waals surface area contributed by atoms with Crippen LogP contribution in [-0.2, 0) is 16.2 Å². The number of hydrogen-bond acceptors (Lipinski definition) is 0. The average molecular weight is 823 g/mol. The van der Waals surface area contributed by atoms with Crippen molar-refractivity contribution in [2.45, 2.75) is 16.2 Å². The van der Waals surface area contributed by atoms with Crippen LogP contribution < -0.4 is 0 Å². The van der Waals surface area contributed by atoms with Crippen LogP contribution in [0, 0.1) is 0 Å². The SMILES string of the molecule is C1=Cc2cc3c(cc2C2(c4cc5c(cc41)C(c1ccccc1)(c1ccccc1)c1ccccc1-5)c1ccccc1-c1ccccc12)-c1ccccc1C3(c1ccccc1)c1ccccc1. The van der Waals surface area contributed by atoms with E-state index in [2.05, 4.69) is 255 Å². The zero-order valence-corrected chi connectivity index (χ0v) is 35.7. The molecule has 1 spiro atoms. The van der Waals surface area contributed by atoms with E-state index in [9.17, 15) is 0 Å². The van der Waals surface area contributed by atoms with Crippen molar-refractivity contribution >= 4 is 12.2 Å². The van der Waals surface area contributed by atoms with Gasteiger partial charge in [-0.25, -0.2) is 0 Å². The number of benzene rings is 10. The summed E-state index contributed by atoms with van der Waals surface area (Å²) in [5, 5.41) is 0. The van der Waals surface area contributed by atoms with Crippen molar-refractivity contribution in [2.75, 3.05) is 0 Å². The van der Waals surface area contributed by atoms with Gasteiger partial charge in [0.25, 0.3) is 0 Å². The second kappa shape index (κ2) is 13.5. The van der Waals surface area contributed by atoms with E-state index >= 15 is 0 Å². The lowest BCUT2D eigenvalue weighted by atomic mass is 9.63. The molecule has 65 heavy (non-hydrogen) atoms. The molecule has 0 saturated heterocycles. The summed E-state index contributed by atoms with van der Waals surface area (Å²) >= 11 is 0. The summed E-state index contributed by atoms with van der Waals surface area (Å²) in [6.45, 7) is 0. The Balaban J connectivity index is 1.14. The van der Waals surface area contributed by atoms with Crippen molar-refractivity contribution in [3.05, 3.63) is 321 Å². The van der Waals surface area contributed by atoms with Crippen LogP contribution >= 0.6 is 0 Å². The molecular formula is C65H42. The molecule has 0 amide bonds. The van der Waals surface area contributed by atoms with Crippen molar-refractivity contribution in [2.24, 2.45) is 0 Å². The highest BCUT2D eigenvalue weighted by Gasteiger charge is 2.53. The monoisotopic (exact) mass is 822 g/mol. The summed E-state index contributed by atoms with van der Waals surface area (Å²) in [5.74, 6) is 0. The zero-order chi connectivity index (χ0) is 42.7. The highest BCUT2D eigenvalue weighted by atomic mass is 14.5. The van der Waals surface area contributed by atoms with E-state index in [-0.39, 0.29) is 0 Å². The number of rotatable bonds is 4. The van der Waals surface area contributed by atoms with Crippen LogP contribution in [-0.4, -0.2) is 0 Å². The Morgan fingerprint density at radius 1 is 0.185 bits per heavy atom. The summed E-state index contributed by atoms with van der Waals surface area (Å²) in [6.07, 6.45) is 4.88. The number of hydrogen-bond donors (Lipinski definition) is 0. The number of fused-ring (bicyclic) bond motifs is 15. The summed E-state index contributed by atoms with van der Waals surface area (Å²) in [7, 11) is 0. The quantitative estimate of drug-likeness (QED) is 0.166. The predicted octanol–water partition coefficient (Wildman–Crippen LogP) is 15.3. The minimum Gasteiger partial charge on any atom is -0.0622 e. The molecule has 10 aromatic carbocycles. The van der Waals surface area contributed by atoms with Crippen molar-refractivity contribution in [1.82, 2.24) is 0 Å². The van der Waals surface area contributed by atoms with E-state index in [0.29, 0.717) is 0 Å². The third-order valence-electron chi connectivity index (χ3n) is 15.5. The molecule has 0 nitrogen and oxygen atoms in total. The molecule has 0 saturated carbocycles. The van der Waals surface area contributed by atoms with E-state index in [4.69, 9.17) is 0 Å². The average Bonchev–Trinajstić information content (AvgIpc) is 3.92. The van der Waals surface area contributed by atoms with Gasteiger partial charge in [0, 0.05) is 0 Å². The molecule has 0 fully saturated rings. The lowest BCUT2D eigenvalue weighted by Gasteiger charge is -2.38. The second-order valence-corrected chi connectivity index (χ2v) is 18.2. The fourth-order valence-corrected chi connectivity index (χ4v) is 13.1. The van der Waals surface area contributed by atoms with Gasteiger partial charge in [-0.3, -0.25) is 0 Å². The van der Waals surface area contributed by atoms with Crippen molar-refractivity contribution in [3.8, 4) is 33.4 Å². The topological polar surface area (TPSA) is 0 Å². The highest BCUT2D eigenvalue weighted by Crippen LogP contribution is 2.64. The summed E-state index contributed by atoms with van der Waals surface area (Å²) < 4.78 is 0. The Morgan fingerprint density at radius 3 is 0.769 bits per heavy atom. The molecule has 0 unspecified atom stereocenters. The molecule has 0 heterocycles. The largest absolute Gasteiger partial charge is 0.0725 e. The fraction of sp³-hybridized carbons (Fsp3) is 0.0462. The maximum absolute atomic E-state index is 2.61. The fourth-order valence-electron chi connectivity index (χ4n) is 13.1. The van der Waals surface area contributed by atoms with Crippen LogP contribution in [0.5, 0.6) is 0 Å². The third kappa shape index (κ3) is 4.56. The molecule has 302 valence electrons. The highest BCUT2D eigenvalue weighted by molar-refractivity contribution is 5.97. The van der Waals surface area contributed by atoms with Crippen molar-refractivity contribution in [1.29, 1.82) is 0 Å². The van der Waals surface area contributed by atoms with Gasteiger partial charge in [-0.2, -0.15) is 0 Å². The second-order valence-electron chi connectivity index (χ2n) is 18.2. The molecular weight excluding hydrogens is 781 g/mol. The smallest absolute Gasteiger partial charge is 0.0622 e. The van der Waals surface area contributed by atoms with Crippen LogP contribution in [0.15, 0.2) is 243 Å². The first-order valence-electron chi connectivity index (χ1n) is 22.9. The van der Waals surface area contributed by atoms with Gasteiger partial charge in [0.05, 0.1) is 16.2 Å². The molecule has 10 aromatic rings. The van der Waals surface area contributed by atoms with Gasteiger partial charge in [0.15, 0.2) is 0 Å². The van der Waals surface area contributed by atoms with E-state index in [1.165, 1.54) is 111 Å². The molecule has 0 N–H and O–H groups in total. The lowest BCUT2D eigenvalue weighted by Crippen LogP contribution is -2.32. The first kappa shape index (κ1) is 36.4. The van der Waals surface area contributed by atoms with E-state index in [1.54, 1.807) is 0 Å². The van der Waals surface area contributed by atoms with Gasteiger partial charge >= 0.3 is 0 Å². The molecule has 0 aliphatic heterocycles. The Hall–Kier alpha value is -8.06. The third-order valence-corrected chi connectivity index (χ3v) is 15.5. The lowest BCUT2D eigenvalue weighted by molar-refractivity contribution is 0.747. The maximum atomic E-state index is 2.61. The first-order valence-corrected chi connectivity index (χ1v) is 22.9. The van der Waals surface area contributed by atoms with Crippen LogP contribution in [0.3, 0.4) is 0 Å². The molecule has 0 bridgehead atoms. The Morgan fingerprint density at radius 2 is 0.446 bits per heavy atom. The molecule has 0 aromatic heterocycles. The van der Waals surface area contributed by atoms with Crippen molar-refractivity contribution in [3.63, 3.8) is 0 Å². The van der Waals surface area contributed by atoms with Crippen LogP contribution in [0.4, 0.5) is 0 Å². The summed E-state index contributed by atoms with van der Waals surface area (Å²) in [6, 6.07) is 91.9. The summed E-state index contributed by atoms with van der Waals surface area (Å²) in [4.78, 5) is 0. The van der Waals surface area contributed by atoms with Gasteiger partial charge < -0.3 is 0 Å². The van der Waals surface area contributed by atoms with Crippen molar-refractivity contribution < 1.29 is 0 Å². The predicted molar refractivity (Wildman–Crippen MR) is 267 cm³/mol. The normalized spacial score (nSPS) is 15.4. The molecule has 0 radical (unpaired) electrons. The van der Waals surface area contributed by atoms with Crippen LogP contribution in [0.1, 0.15) is 77.9 Å². The van der Waals surface area contributed by atoms with Crippen LogP contribution in [0.25, 0.3) is 45.5 Å². The minimum atomic E-state index is -0.620. The van der Waals surface area contributed by atoms with Gasteiger partial charge in [0.2, 0.25) is 0 Å². The van der Waals surface area contributed by atoms with Gasteiger partial charge in [-0.05, 0) is 136 Å². The van der Waals surface area contributed by atoms with Gasteiger partial charge in [-0.1, -0.05) is 231 Å². The summed E-state index contributed by atoms with van der Waals surface area (Å²) in [5.41, 5.74) is 24.3. The molecule has 4 aliphatic rings. The standard InChI is InChI=1S/C65H42/c1-5-21-45(22-6-1)63(46-23-7-2-8-24-46)55-33-17-15-31-51(55)53-41-59-43(39-61(53)63)37-38-44-40-62-54(42-60(44)65(59)57-35-19-13-29-49(57)50-30-14-20-36-58(50)65)52-32-16-18-34-56(52)64(62,47-25-9-3-10-26-47)48-27-11-4-12-28-48/h1-42H. The molecule has 4 aliphatic carbocycles. The van der Waals surface area contributed by atoms with E-state index in [0.717, 1.165) is 0 Å².